The summed E-state index contributed by atoms with van der Waals surface area (Å²) < 4.78 is 40.3. The highest BCUT2D eigenvalue weighted by molar-refractivity contribution is 6.62. The molecule has 3 rings (SSSR count). The lowest BCUT2D eigenvalue weighted by molar-refractivity contribution is -0.254. The van der Waals surface area contributed by atoms with Crippen molar-refractivity contribution in [2.24, 2.45) is 0 Å². The van der Waals surface area contributed by atoms with Gasteiger partial charge in [-0.2, -0.15) is 0 Å². The molecule has 0 amide bonds. The lowest BCUT2D eigenvalue weighted by Crippen LogP contribution is -2.59. The fourth-order valence-electron chi connectivity index (χ4n) is 4.36. The zero-order valence-electron chi connectivity index (χ0n) is 23.0. The third kappa shape index (κ3) is 6.72. The van der Waals surface area contributed by atoms with Gasteiger partial charge in [-0.05, 0) is 38.7 Å². The molecule has 0 radical (unpaired) electrons. The van der Waals surface area contributed by atoms with E-state index in [0.29, 0.717) is 11.0 Å². The molecule has 1 aromatic carbocycles. The summed E-state index contributed by atoms with van der Waals surface area (Å²) in [6.07, 6.45) is -5.69. The Balaban J connectivity index is 2.05. The fraction of sp³-hybridized carbons (Fsp3) is 0.615. The van der Waals surface area contributed by atoms with E-state index in [4.69, 9.17) is 33.0 Å². The molecule has 0 aromatic heterocycles. The molecular weight excluding hydrogens is 499 g/mol. The highest BCUT2D eigenvalue weighted by atomic mass is 16.7. The molecule has 2 saturated heterocycles. The Bertz CT molecular complexity index is 1050. The van der Waals surface area contributed by atoms with Gasteiger partial charge >= 0.3 is 31.0 Å². The molecule has 0 saturated carbocycles. The average Bonchev–Trinajstić information content (AvgIpc) is 3.01. The molecule has 2 aliphatic heterocycles. The number of hydrogen-bond acceptors (Lipinski definition) is 11. The Labute approximate surface area is 222 Å². The van der Waals surface area contributed by atoms with Crippen LogP contribution in [0, 0.1) is 0 Å². The van der Waals surface area contributed by atoms with Gasteiger partial charge in [0.2, 0.25) is 0 Å². The Hall–Kier alpha value is -2.96. The number of esters is 4. The van der Waals surface area contributed by atoms with Crippen LogP contribution in [-0.2, 0) is 52.2 Å². The lowest BCUT2D eigenvalue weighted by atomic mass is 9.77. The highest BCUT2D eigenvalue weighted by Crippen LogP contribution is 2.39. The van der Waals surface area contributed by atoms with Crippen LogP contribution in [-0.4, -0.2) is 73.2 Å². The summed E-state index contributed by atoms with van der Waals surface area (Å²) in [5.74, 6) is -2.63. The molecule has 1 aromatic rings. The molecule has 2 fully saturated rings. The summed E-state index contributed by atoms with van der Waals surface area (Å²) in [5, 5.41) is 0. The van der Waals surface area contributed by atoms with Crippen molar-refractivity contribution in [1.29, 1.82) is 0 Å². The van der Waals surface area contributed by atoms with E-state index >= 15 is 0 Å². The van der Waals surface area contributed by atoms with E-state index in [1.165, 1.54) is 27.7 Å². The van der Waals surface area contributed by atoms with Gasteiger partial charge in [-0.25, -0.2) is 0 Å². The minimum absolute atomic E-state index is 0.300. The first-order chi connectivity index (χ1) is 17.6. The van der Waals surface area contributed by atoms with Crippen LogP contribution in [0.3, 0.4) is 0 Å². The van der Waals surface area contributed by atoms with Crippen molar-refractivity contribution in [2.45, 2.75) is 97.1 Å². The van der Waals surface area contributed by atoms with E-state index in [9.17, 15) is 19.2 Å². The normalized spacial score (nSPS) is 27.8. The van der Waals surface area contributed by atoms with E-state index < -0.39 is 72.7 Å². The van der Waals surface area contributed by atoms with Crippen LogP contribution in [0.2, 0.25) is 0 Å². The third-order valence-corrected chi connectivity index (χ3v) is 6.76. The topological polar surface area (TPSA) is 133 Å². The molecule has 5 atom stereocenters. The molecule has 0 bridgehead atoms. The molecule has 208 valence electrons. The lowest BCUT2D eigenvalue weighted by Gasteiger charge is -2.44. The van der Waals surface area contributed by atoms with Gasteiger partial charge in [-0.1, -0.05) is 24.3 Å². The van der Waals surface area contributed by atoms with Crippen molar-refractivity contribution in [3.63, 3.8) is 0 Å². The van der Waals surface area contributed by atoms with Crippen molar-refractivity contribution < 1.29 is 52.2 Å². The number of ether oxygens (including phenoxy) is 5. The Morgan fingerprint density at radius 2 is 1.32 bits per heavy atom. The van der Waals surface area contributed by atoms with Gasteiger partial charge < -0.3 is 33.0 Å². The molecule has 2 aliphatic rings. The van der Waals surface area contributed by atoms with Crippen LogP contribution in [0.1, 0.15) is 67.1 Å². The van der Waals surface area contributed by atoms with Crippen molar-refractivity contribution >= 4 is 36.5 Å². The Kier molecular flexibility index (Phi) is 8.90. The number of carbonyl (C=O) groups is 4. The summed E-state index contributed by atoms with van der Waals surface area (Å²) >= 11 is 0. The zero-order chi connectivity index (χ0) is 28.4. The van der Waals surface area contributed by atoms with Crippen LogP contribution < -0.4 is 5.46 Å². The number of benzene rings is 1. The molecule has 11 nitrogen and oxygen atoms in total. The summed E-state index contributed by atoms with van der Waals surface area (Å²) in [7, 11) is -0.675. The zero-order valence-corrected chi connectivity index (χ0v) is 23.0. The van der Waals surface area contributed by atoms with E-state index in [2.05, 4.69) is 0 Å². The summed E-state index contributed by atoms with van der Waals surface area (Å²) in [6.45, 7) is 12.2. The third-order valence-electron chi connectivity index (χ3n) is 6.76. The summed E-state index contributed by atoms with van der Waals surface area (Å²) in [6, 6.07) is 7.12. The van der Waals surface area contributed by atoms with Gasteiger partial charge in [0.15, 0.2) is 18.3 Å². The predicted octanol–water partition coefficient (Wildman–Crippen LogP) is 1.78. The first kappa shape index (κ1) is 29.6. The molecule has 0 N–H and O–H groups in total. The quantitative estimate of drug-likeness (QED) is 0.288. The molecule has 2 heterocycles. The smallest absolute Gasteiger partial charge is 0.463 e. The maximum Gasteiger partial charge on any atom is 0.494 e. The van der Waals surface area contributed by atoms with Crippen LogP contribution in [0.25, 0.3) is 0 Å². The first-order valence-corrected chi connectivity index (χ1v) is 12.4. The van der Waals surface area contributed by atoms with Crippen molar-refractivity contribution in [1.82, 2.24) is 0 Å². The van der Waals surface area contributed by atoms with Gasteiger partial charge in [0.1, 0.15) is 18.8 Å². The van der Waals surface area contributed by atoms with Gasteiger partial charge in [-0.15, -0.1) is 0 Å². The van der Waals surface area contributed by atoms with Gasteiger partial charge in [0, 0.05) is 27.7 Å². The van der Waals surface area contributed by atoms with Crippen LogP contribution in [0.4, 0.5) is 0 Å². The van der Waals surface area contributed by atoms with Gasteiger partial charge in [0.05, 0.1) is 11.2 Å². The molecule has 3 unspecified atom stereocenters. The second-order valence-electron chi connectivity index (χ2n) is 10.4. The first-order valence-electron chi connectivity index (χ1n) is 12.4. The van der Waals surface area contributed by atoms with Gasteiger partial charge in [0.25, 0.3) is 0 Å². The van der Waals surface area contributed by atoms with Crippen molar-refractivity contribution in [3.8, 4) is 0 Å². The molecule has 0 spiro atoms. The Morgan fingerprint density at radius 1 is 0.789 bits per heavy atom. The van der Waals surface area contributed by atoms with E-state index in [1.807, 2.05) is 33.8 Å². The highest BCUT2D eigenvalue weighted by Gasteiger charge is 2.54. The maximum absolute atomic E-state index is 12.1. The second-order valence-corrected chi connectivity index (χ2v) is 10.4. The number of carbonyl (C=O) groups excluding carboxylic acids is 4. The standard InChI is InChI=1S/C26H35BO11/c1-14(28)32-13-20-22(33-15(2)29)24(35-17(4)31)23(34-16(3)30)21(36-20)18-10-9-11-19(12-18)27-37-25(5,6)26(7,8)38-27/h9-12,20-24H,13H2,1-8H3/t20?,21-,22+,23?,24?/m0/s1. The average molecular weight is 534 g/mol. The maximum atomic E-state index is 12.1. The minimum Gasteiger partial charge on any atom is -0.463 e. The SMILES string of the molecule is CC(=O)OCC1O[C@@H](c2cccc(B3OC(C)(C)C(C)(C)O3)c2)C(OC(C)=O)C(OC(C)=O)[C@@H]1OC(C)=O. The second kappa shape index (κ2) is 11.4. The van der Waals surface area contributed by atoms with E-state index in [-0.39, 0.29) is 6.61 Å². The van der Waals surface area contributed by atoms with Crippen LogP contribution in [0.15, 0.2) is 24.3 Å². The van der Waals surface area contributed by atoms with Gasteiger partial charge in [-0.3, -0.25) is 19.2 Å². The molecule has 12 heteroatoms. The largest absolute Gasteiger partial charge is 0.494 e. The molecule has 0 aliphatic carbocycles. The molecular formula is C26H35BO11. The van der Waals surface area contributed by atoms with E-state index in [0.717, 1.165) is 0 Å². The minimum atomic E-state index is -1.25. The van der Waals surface area contributed by atoms with Crippen molar-refractivity contribution in [2.75, 3.05) is 6.61 Å². The Morgan fingerprint density at radius 3 is 1.84 bits per heavy atom. The van der Waals surface area contributed by atoms with E-state index in [1.54, 1.807) is 18.2 Å². The van der Waals surface area contributed by atoms with Crippen molar-refractivity contribution in [3.05, 3.63) is 29.8 Å². The number of rotatable bonds is 7. The monoisotopic (exact) mass is 534 g/mol. The fourth-order valence-corrected chi connectivity index (χ4v) is 4.36. The number of hydrogen-bond donors (Lipinski definition) is 0. The predicted molar refractivity (Wildman–Crippen MR) is 133 cm³/mol. The van der Waals surface area contributed by atoms with Crippen LogP contribution in [0.5, 0.6) is 0 Å². The molecule has 38 heavy (non-hydrogen) atoms. The van der Waals surface area contributed by atoms with Crippen LogP contribution >= 0.6 is 0 Å². The summed E-state index contributed by atoms with van der Waals surface area (Å²) in [5.41, 5.74) is 0.105. The summed E-state index contributed by atoms with van der Waals surface area (Å²) in [4.78, 5) is 47.7.